The van der Waals surface area contributed by atoms with Crippen molar-refractivity contribution in [1.29, 1.82) is 0 Å². The summed E-state index contributed by atoms with van der Waals surface area (Å²) in [5.41, 5.74) is 2.05. The van der Waals surface area contributed by atoms with Crippen LogP contribution in [0.2, 0.25) is 0 Å². The Morgan fingerprint density at radius 1 is 1.00 bits per heavy atom. The number of hydrogen-bond acceptors (Lipinski definition) is 4. The van der Waals surface area contributed by atoms with Crippen molar-refractivity contribution in [2.75, 3.05) is 20.2 Å². The molecule has 0 bridgehead atoms. The highest BCUT2D eigenvalue weighted by Crippen LogP contribution is 2.37. The van der Waals surface area contributed by atoms with Crippen molar-refractivity contribution in [2.24, 2.45) is 5.92 Å². The van der Waals surface area contributed by atoms with E-state index in [0.29, 0.717) is 18.3 Å². The molecule has 0 spiro atoms. The molecule has 174 valence electrons. The van der Waals surface area contributed by atoms with E-state index in [2.05, 4.69) is 22.2 Å². The minimum absolute atomic E-state index is 0.167. The highest BCUT2D eigenvalue weighted by molar-refractivity contribution is 5.44. The number of halogens is 3. The number of hydrogen-bond donors (Lipinski definition) is 1. The van der Waals surface area contributed by atoms with Gasteiger partial charge in [-0.05, 0) is 92.3 Å². The predicted octanol–water partition coefficient (Wildman–Crippen LogP) is 5.85. The van der Waals surface area contributed by atoms with E-state index >= 15 is 0 Å². The molecule has 1 saturated carbocycles. The summed E-state index contributed by atoms with van der Waals surface area (Å²) >= 11 is 0. The highest BCUT2D eigenvalue weighted by atomic mass is 19.4. The normalized spacial score (nSPS) is 22.0. The summed E-state index contributed by atoms with van der Waals surface area (Å²) in [5, 5.41) is 3.49. The van der Waals surface area contributed by atoms with Gasteiger partial charge in [0.05, 0.1) is 13.2 Å². The van der Waals surface area contributed by atoms with E-state index in [1.165, 1.54) is 30.5 Å². The molecule has 2 atom stereocenters. The summed E-state index contributed by atoms with van der Waals surface area (Å²) in [6.07, 6.45) is 1.79. The van der Waals surface area contributed by atoms with Crippen LogP contribution < -0.4 is 19.5 Å². The van der Waals surface area contributed by atoms with Crippen LogP contribution in [0, 0.1) is 5.92 Å². The van der Waals surface area contributed by atoms with Crippen molar-refractivity contribution in [3.05, 3.63) is 53.6 Å². The zero-order chi connectivity index (χ0) is 22.6. The molecule has 1 aliphatic heterocycles. The molecule has 1 saturated heterocycles. The lowest BCUT2D eigenvalue weighted by molar-refractivity contribution is -0.274. The molecule has 0 unspecified atom stereocenters. The molecule has 2 aromatic rings. The summed E-state index contributed by atoms with van der Waals surface area (Å²) in [5.74, 6) is 2.01. The summed E-state index contributed by atoms with van der Waals surface area (Å²) in [6, 6.07) is 12.5. The van der Waals surface area contributed by atoms with Gasteiger partial charge in [0.25, 0.3) is 0 Å². The first-order chi connectivity index (χ1) is 15.4. The number of piperidine rings is 1. The van der Waals surface area contributed by atoms with E-state index in [1.807, 2.05) is 12.1 Å². The average molecular weight is 450 g/mol. The maximum Gasteiger partial charge on any atom is 0.573 e. The second-order valence-corrected chi connectivity index (χ2v) is 8.79. The molecular formula is C25H30F3NO3. The van der Waals surface area contributed by atoms with Gasteiger partial charge in [0.2, 0.25) is 0 Å². The van der Waals surface area contributed by atoms with E-state index in [-0.39, 0.29) is 11.9 Å². The van der Waals surface area contributed by atoms with Gasteiger partial charge in [-0.1, -0.05) is 18.2 Å². The number of rotatable bonds is 7. The quantitative estimate of drug-likeness (QED) is 0.576. The topological polar surface area (TPSA) is 39.7 Å². The van der Waals surface area contributed by atoms with E-state index < -0.39 is 6.36 Å². The van der Waals surface area contributed by atoms with Gasteiger partial charge in [-0.25, -0.2) is 0 Å². The Kier molecular flexibility index (Phi) is 7.13. The molecule has 1 heterocycles. The Bertz CT molecular complexity index is 896. The second-order valence-electron chi connectivity index (χ2n) is 8.79. The second kappa shape index (κ2) is 10.0. The van der Waals surface area contributed by atoms with Crippen LogP contribution in [0.4, 0.5) is 13.2 Å². The van der Waals surface area contributed by atoms with Crippen LogP contribution in [0.3, 0.4) is 0 Å². The first-order valence-electron chi connectivity index (χ1n) is 11.3. The molecular weight excluding hydrogens is 419 g/mol. The van der Waals surface area contributed by atoms with Crippen LogP contribution >= 0.6 is 0 Å². The molecule has 0 amide bonds. The monoisotopic (exact) mass is 449 g/mol. The standard InChI is InChI=1S/C25H30F3NO3/c1-30-23-10-9-19(14-24(23)31-21-6-2-3-7-21)20-12-18(15-29-16-20)11-17-5-4-8-22(13-17)32-25(26,27)28/h4-5,8-10,13-14,18,20-21,29H,2-3,6-7,11-12,15-16H2,1H3/t18-,20+/m0/s1. The molecule has 32 heavy (non-hydrogen) atoms. The third-order valence-electron chi connectivity index (χ3n) is 6.35. The number of benzene rings is 2. The number of ether oxygens (including phenoxy) is 3. The fraction of sp³-hybridized carbons (Fsp3) is 0.520. The molecule has 0 aromatic heterocycles. The lowest BCUT2D eigenvalue weighted by Gasteiger charge is -2.31. The smallest absolute Gasteiger partial charge is 0.493 e. The maximum atomic E-state index is 12.5. The van der Waals surface area contributed by atoms with Crippen LogP contribution in [-0.2, 0) is 6.42 Å². The zero-order valence-corrected chi connectivity index (χ0v) is 18.3. The van der Waals surface area contributed by atoms with Crippen molar-refractivity contribution in [3.8, 4) is 17.2 Å². The molecule has 4 rings (SSSR count). The van der Waals surface area contributed by atoms with E-state index in [9.17, 15) is 13.2 Å². The van der Waals surface area contributed by atoms with Crippen molar-refractivity contribution < 1.29 is 27.4 Å². The molecule has 4 nitrogen and oxygen atoms in total. The van der Waals surface area contributed by atoms with Crippen LogP contribution in [0.25, 0.3) is 0 Å². The molecule has 1 aliphatic carbocycles. The summed E-state index contributed by atoms with van der Waals surface area (Å²) in [6.45, 7) is 1.70. The first kappa shape index (κ1) is 22.8. The lowest BCUT2D eigenvalue weighted by Crippen LogP contribution is -2.36. The highest BCUT2D eigenvalue weighted by Gasteiger charge is 2.31. The fourth-order valence-electron chi connectivity index (χ4n) is 4.87. The van der Waals surface area contributed by atoms with Crippen LogP contribution in [-0.4, -0.2) is 32.7 Å². The molecule has 2 fully saturated rings. The third-order valence-corrected chi connectivity index (χ3v) is 6.35. The van der Waals surface area contributed by atoms with Crippen LogP contribution in [0.1, 0.15) is 49.1 Å². The largest absolute Gasteiger partial charge is 0.573 e. The number of nitrogens with one attached hydrogen (secondary N) is 1. The Labute approximate surface area is 187 Å². The van der Waals surface area contributed by atoms with Gasteiger partial charge < -0.3 is 19.5 Å². The van der Waals surface area contributed by atoms with Crippen molar-refractivity contribution in [2.45, 2.75) is 56.9 Å². The summed E-state index contributed by atoms with van der Waals surface area (Å²) in [7, 11) is 1.66. The van der Waals surface area contributed by atoms with Gasteiger partial charge in [-0.3, -0.25) is 0 Å². The van der Waals surface area contributed by atoms with Gasteiger partial charge in [0.15, 0.2) is 11.5 Å². The SMILES string of the molecule is COc1ccc([C@H]2CNC[C@@H](Cc3cccc(OC(F)(F)F)c3)C2)cc1OC1CCCC1. The van der Waals surface area contributed by atoms with Gasteiger partial charge in [0, 0.05) is 6.54 Å². The molecule has 7 heteroatoms. The maximum absolute atomic E-state index is 12.5. The van der Waals surface area contributed by atoms with Crippen LogP contribution in [0.15, 0.2) is 42.5 Å². The van der Waals surface area contributed by atoms with Gasteiger partial charge in [-0.15, -0.1) is 13.2 Å². The minimum Gasteiger partial charge on any atom is -0.493 e. The van der Waals surface area contributed by atoms with E-state index in [1.54, 1.807) is 13.2 Å². The predicted molar refractivity (Wildman–Crippen MR) is 116 cm³/mol. The Hall–Kier alpha value is -2.41. The third kappa shape index (κ3) is 6.09. The molecule has 2 aromatic carbocycles. The van der Waals surface area contributed by atoms with Gasteiger partial charge in [-0.2, -0.15) is 0 Å². The Morgan fingerprint density at radius 3 is 2.56 bits per heavy atom. The summed E-state index contributed by atoms with van der Waals surface area (Å²) < 4.78 is 53.4. The summed E-state index contributed by atoms with van der Waals surface area (Å²) in [4.78, 5) is 0. The Morgan fingerprint density at radius 2 is 1.81 bits per heavy atom. The average Bonchev–Trinajstić information content (AvgIpc) is 3.26. The number of methoxy groups -OCH3 is 1. The van der Waals surface area contributed by atoms with Crippen molar-refractivity contribution in [3.63, 3.8) is 0 Å². The number of alkyl halides is 3. The molecule has 0 radical (unpaired) electrons. The molecule has 1 N–H and O–H groups in total. The minimum atomic E-state index is -4.68. The molecule has 2 aliphatic rings. The van der Waals surface area contributed by atoms with E-state index in [4.69, 9.17) is 9.47 Å². The first-order valence-corrected chi connectivity index (χ1v) is 11.3. The fourth-order valence-corrected chi connectivity index (χ4v) is 4.87. The van der Waals surface area contributed by atoms with Gasteiger partial charge >= 0.3 is 6.36 Å². The zero-order valence-electron chi connectivity index (χ0n) is 18.3. The van der Waals surface area contributed by atoms with Crippen molar-refractivity contribution >= 4 is 0 Å². The Balaban J connectivity index is 1.43. The van der Waals surface area contributed by atoms with Gasteiger partial charge in [0.1, 0.15) is 5.75 Å². The lowest BCUT2D eigenvalue weighted by atomic mass is 9.82. The van der Waals surface area contributed by atoms with Crippen LogP contribution in [0.5, 0.6) is 17.2 Å². The van der Waals surface area contributed by atoms with E-state index in [0.717, 1.165) is 49.4 Å². The van der Waals surface area contributed by atoms with Crippen molar-refractivity contribution in [1.82, 2.24) is 5.32 Å².